The Morgan fingerprint density at radius 3 is 2.38 bits per heavy atom. The molecule has 0 aromatic heterocycles. The summed E-state index contributed by atoms with van der Waals surface area (Å²) in [7, 11) is -2.46. The second-order valence-electron chi connectivity index (χ2n) is 3.10. The van der Waals surface area contributed by atoms with Crippen molar-refractivity contribution in [1.82, 2.24) is 0 Å². The van der Waals surface area contributed by atoms with Gasteiger partial charge in [-0.1, -0.05) is 36.4 Å². The van der Waals surface area contributed by atoms with Crippen LogP contribution in [0.2, 0.25) is 0 Å². The maximum absolute atomic E-state index is 11.6. The Kier molecular flexibility index (Phi) is 4.17. The fourth-order valence-electron chi connectivity index (χ4n) is 1.50. The van der Waals surface area contributed by atoms with Crippen LogP contribution in [-0.2, 0) is 14.3 Å². The molecule has 2 aromatic carbocycles. The Morgan fingerprint density at radius 2 is 1.69 bits per heavy atom. The van der Waals surface area contributed by atoms with Crippen LogP contribution in [0.5, 0.6) is 0 Å². The molecule has 0 aliphatic rings. The summed E-state index contributed by atoms with van der Waals surface area (Å²) in [5.41, 5.74) is 0. The van der Waals surface area contributed by atoms with Gasteiger partial charge in [0.1, 0.15) is 4.90 Å². The molecule has 0 spiro atoms. The SMILES string of the molecule is COS(=O)(=O)c1cccc2ccccc12.[H-].[Li+]. The van der Waals surface area contributed by atoms with E-state index in [1.165, 1.54) is 0 Å². The van der Waals surface area contributed by atoms with Gasteiger partial charge in [0, 0.05) is 5.39 Å². The first-order valence-electron chi connectivity index (χ1n) is 4.43. The van der Waals surface area contributed by atoms with Gasteiger partial charge in [0.2, 0.25) is 0 Å². The minimum absolute atomic E-state index is 0. The van der Waals surface area contributed by atoms with Gasteiger partial charge in [0.25, 0.3) is 10.1 Å². The summed E-state index contributed by atoms with van der Waals surface area (Å²) < 4.78 is 27.7. The molecule has 0 amide bonds. The third-order valence-electron chi connectivity index (χ3n) is 2.24. The van der Waals surface area contributed by atoms with Crippen molar-refractivity contribution in [3.05, 3.63) is 42.5 Å². The number of hydrogen-bond acceptors (Lipinski definition) is 3. The molecular formula is C11H11LiO3S. The van der Waals surface area contributed by atoms with Gasteiger partial charge < -0.3 is 1.43 Å². The Morgan fingerprint density at radius 1 is 1.06 bits per heavy atom. The van der Waals surface area contributed by atoms with E-state index in [2.05, 4.69) is 4.18 Å². The minimum atomic E-state index is -3.62. The molecule has 80 valence electrons. The molecule has 0 aliphatic heterocycles. The van der Waals surface area contributed by atoms with Crippen molar-refractivity contribution in [3.63, 3.8) is 0 Å². The van der Waals surface area contributed by atoms with E-state index in [1.807, 2.05) is 18.2 Å². The first-order chi connectivity index (χ1) is 7.15. The van der Waals surface area contributed by atoms with Crippen molar-refractivity contribution in [1.29, 1.82) is 0 Å². The molecule has 0 N–H and O–H groups in total. The zero-order valence-electron chi connectivity index (χ0n) is 10.2. The van der Waals surface area contributed by atoms with Gasteiger partial charge in [-0.25, -0.2) is 0 Å². The van der Waals surface area contributed by atoms with Crippen LogP contribution < -0.4 is 18.9 Å². The average Bonchev–Trinajstić information content (AvgIpc) is 2.28. The van der Waals surface area contributed by atoms with Crippen LogP contribution in [-0.4, -0.2) is 15.5 Å². The predicted octanol–water partition coefficient (Wildman–Crippen LogP) is -0.709. The van der Waals surface area contributed by atoms with E-state index in [4.69, 9.17) is 0 Å². The maximum Gasteiger partial charge on any atom is 1.00 e. The van der Waals surface area contributed by atoms with Crippen LogP contribution in [0.3, 0.4) is 0 Å². The molecule has 3 nitrogen and oxygen atoms in total. The Bertz CT molecular complexity index is 593. The molecule has 5 heteroatoms. The van der Waals surface area contributed by atoms with Crippen molar-refractivity contribution < 1.29 is 32.9 Å². The van der Waals surface area contributed by atoms with E-state index >= 15 is 0 Å². The van der Waals surface area contributed by atoms with E-state index in [9.17, 15) is 8.42 Å². The second-order valence-corrected chi connectivity index (χ2v) is 4.78. The van der Waals surface area contributed by atoms with Gasteiger partial charge in [-0.05, 0) is 11.5 Å². The summed E-state index contributed by atoms with van der Waals surface area (Å²) in [6, 6.07) is 12.4. The third kappa shape index (κ3) is 2.31. The van der Waals surface area contributed by atoms with Crippen molar-refractivity contribution in [3.8, 4) is 0 Å². The Balaban J connectivity index is 0.00000128. The molecule has 0 aliphatic carbocycles. The van der Waals surface area contributed by atoms with Gasteiger partial charge in [0.15, 0.2) is 0 Å². The number of fused-ring (bicyclic) bond motifs is 1. The molecular weight excluding hydrogens is 219 g/mol. The summed E-state index contributed by atoms with van der Waals surface area (Å²) in [4.78, 5) is 0.211. The van der Waals surface area contributed by atoms with Crippen LogP contribution in [0.1, 0.15) is 1.43 Å². The molecule has 2 aromatic rings. The van der Waals surface area contributed by atoms with Crippen LogP contribution in [0.15, 0.2) is 47.4 Å². The molecule has 0 heterocycles. The van der Waals surface area contributed by atoms with Gasteiger partial charge in [-0.3, -0.25) is 4.18 Å². The standard InChI is InChI=1S/C11H10O3S.Li.H/c1-14-15(12,13)11-8-4-6-9-5-2-3-7-10(9)11;;/h2-8H,1H3;;/q;+1;-1. The van der Waals surface area contributed by atoms with Gasteiger partial charge in [-0.15, -0.1) is 0 Å². The normalized spacial score (nSPS) is 11.1. The fourth-order valence-corrected chi connectivity index (χ4v) is 2.38. The summed E-state index contributed by atoms with van der Waals surface area (Å²) in [6.07, 6.45) is 0. The van der Waals surface area contributed by atoms with Crippen molar-refractivity contribution in [2.24, 2.45) is 0 Å². The first-order valence-corrected chi connectivity index (χ1v) is 5.84. The second kappa shape index (κ2) is 5.03. The molecule has 0 atom stereocenters. The first kappa shape index (κ1) is 13.3. The van der Waals surface area contributed by atoms with Gasteiger partial charge in [-0.2, -0.15) is 8.42 Å². The Hall–Kier alpha value is -0.793. The zero-order chi connectivity index (χ0) is 10.9. The van der Waals surface area contributed by atoms with E-state index < -0.39 is 10.1 Å². The monoisotopic (exact) mass is 230 g/mol. The Labute approximate surface area is 108 Å². The van der Waals surface area contributed by atoms with Crippen molar-refractivity contribution in [2.75, 3.05) is 7.11 Å². The van der Waals surface area contributed by atoms with Crippen LogP contribution in [0, 0.1) is 0 Å². The topological polar surface area (TPSA) is 43.4 Å². The van der Waals surface area contributed by atoms with Gasteiger partial charge >= 0.3 is 18.9 Å². The number of rotatable bonds is 2. The van der Waals surface area contributed by atoms with E-state index in [0.717, 1.165) is 12.5 Å². The molecule has 2 rings (SSSR count). The van der Waals surface area contributed by atoms with Gasteiger partial charge in [0.05, 0.1) is 7.11 Å². The summed E-state index contributed by atoms with van der Waals surface area (Å²) >= 11 is 0. The van der Waals surface area contributed by atoms with Crippen molar-refractivity contribution in [2.45, 2.75) is 4.90 Å². The van der Waals surface area contributed by atoms with E-state index in [1.54, 1.807) is 24.3 Å². The molecule has 0 radical (unpaired) electrons. The van der Waals surface area contributed by atoms with Crippen LogP contribution in [0.4, 0.5) is 0 Å². The minimum Gasteiger partial charge on any atom is -1.00 e. The number of hydrogen-bond donors (Lipinski definition) is 0. The predicted molar refractivity (Wildman–Crippen MR) is 59.3 cm³/mol. The van der Waals surface area contributed by atoms with E-state index in [-0.39, 0.29) is 25.2 Å². The zero-order valence-corrected chi connectivity index (χ0v) is 9.99. The summed E-state index contributed by atoms with van der Waals surface area (Å²) in [6.45, 7) is 0. The van der Waals surface area contributed by atoms with E-state index in [0.29, 0.717) is 5.39 Å². The fraction of sp³-hybridized carbons (Fsp3) is 0.0909. The largest absolute Gasteiger partial charge is 1.00 e. The molecule has 0 bridgehead atoms. The number of benzene rings is 2. The summed E-state index contributed by atoms with van der Waals surface area (Å²) in [5, 5.41) is 1.57. The van der Waals surface area contributed by atoms with Crippen molar-refractivity contribution >= 4 is 20.9 Å². The molecule has 0 saturated carbocycles. The molecule has 16 heavy (non-hydrogen) atoms. The summed E-state index contributed by atoms with van der Waals surface area (Å²) in [5.74, 6) is 0. The molecule has 0 unspecified atom stereocenters. The maximum atomic E-state index is 11.6. The quantitative estimate of drug-likeness (QED) is 0.505. The smallest absolute Gasteiger partial charge is 1.00 e. The van der Waals surface area contributed by atoms with Crippen LogP contribution >= 0.6 is 0 Å². The molecule has 0 saturated heterocycles. The molecule has 0 fully saturated rings. The average molecular weight is 230 g/mol. The van der Waals surface area contributed by atoms with Crippen LogP contribution in [0.25, 0.3) is 10.8 Å². The third-order valence-corrected chi connectivity index (χ3v) is 3.57.